The van der Waals surface area contributed by atoms with Crippen molar-refractivity contribution < 1.29 is 4.79 Å². The van der Waals surface area contributed by atoms with Crippen molar-refractivity contribution >= 4 is 11.6 Å². The van der Waals surface area contributed by atoms with E-state index in [9.17, 15) is 4.79 Å². The normalized spacial score (nSPS) is 17.7. The van der Waals surface area contributed by atoms with Gasteiger partial charge in [-0.1, -0.05) is 18.2 Å². The number of benzene rings is 1. The lowest BCUT2D eigenvalue weighted by atomic mass is 9.98. The summed E-state index contributed by atoms with van der Waals surface area (Å²) in [5.41, 5.74) is 8.17. The van der Waals surface area contributed by atoms with E-state index in [2.05, 4.69) is 28.4 Å². The molecule has 0 saturated carbocycles. The zero-order valence-electron chi connectivity index (χ0n) is 10.9. The first-order chi connectivity index (χ1) is 8.76. The number of carbonyl (C=O) groups excluding carboxylic acids is 1. The summed E-state index contributed by atoms with van der Waals surface area (Å²) < 4.78 is 0. The minimum absolute atomic E-state index is 0.0840. The Bertz CT molecular complexity index is 419. The van der Waals surface area contributed by atoms with Gasteiger partial charge in [-0.25, -0.2) is 0 Å². The van der Waals surface area contributed by atoms with Crippen molar-refractivity contribution in [3.63, 3.8) is 0 Å². The Kier molecular flexibility index (Phi) is 4.20. The number of hydrogen-bond acceptors (Lipinski definition) is 3. The van der Waals surface area contributed by atoms with Crippen LogP contribution in [0.1, 0.15) is 24.8 Å². The molecule has 0 aliphatic carbocycles. The lowest BCUT2D eigenvalue weighted by Gasteiger charge is -2.19. The zero-order valence-corrected chi connectivity index (χ0v) is 10.9. The van der Waals surface area contributed by atoms with Crippen molar-refractivity contribution in [1.29, 1.82) is 0 Å². The number of para-hydroxylation sites is 1. The molecular formula is C14H21N3O. The van der Waals surface area contributed by atoms with E-state index in [1.807, 2.05) is 13.0 Å². The van der Waals surface area contributed by atoms with E-state index in [0.717, 1.165) is 13.0 Å². The molecule has 0 bridgehead atoms. The van der Waals surface area contributed by atoms with Gasteiger partial charge in [0.05, 0.1) is 6.54 Å². The highest BCUT2D eigenvalue weighted by molar-refractivity contribution is 5.82. The van der Waals surface area contributed by atoms with E-state index in [1.165, 1.54) is 11.3 Å². The summed E-state index contributed by atoms with van der Waals surface area (Å²) in [4.78, 5) is 13.8. The van der Waals surface area contributed by atoms with E-state index in [4.69, 9.17) is 5.73 Å². The maximum atomic E-state index is 11.7. The summed E-state index contributed by atoms with van der Waals surface area (Å²) in [6.07, 6.45) is 0.975. The molecule has 3 N–H and O–H groups in total. The van der Waals surface area contributed by atoms with Crippen molar-refractivity contribution in [2.45, 2.75) is 19.3 Å². The van der Waals surface area contributed by atoms with Gasteiger partial charge in [0.25, 0.3) is 0 Å². The topological polar surface area (TPSA) is 58.4 Å². The molecule has 1 aliphatic rings. The Labute approximate surface area is 108 Å². The standard InChI is InChI=1S/C14H21N3O/c1-2-16-14(18)10-17-9-11(7-8-15)12-5-3-4-6-13(12)17/h3-6,11H,2,7-10,15H2,1H3,(H,16,18). The molecular weight excluding hydrogens is 226 g/mol. The molecule has 1 amide bonds. The van der Waals surface area contributed by atoms with Crippen LogP contribution < -0.4 is 16.0 Å². The fraction of sp³-hybridized carbons (Fsp3) is 0.500. The van der Waals surface area contributed by atoms with Gasteiger partial charge in [-0.3, -0.25) is 4.79 Å². The van der Waals surface area contributed by atoms with Gasteiger partial charge < -0.3 is 16.0 Å². The second kappa shape index (κ2) is 5.87. The molecule has 0 radical (unpaired) electrons. The summed E-state index contributed by atoms with van der Waals surface area (Å²) in [5, 5.41) is 2.84. The fourth-order valence-corrected chi connectivity index (χ4v) is 2.61. The van der Waals surface area contributed by atoms with Crippen LogP contribution in [-0.4, -0.2) is 32.1 Å². The average molecular weight is 247 g/mol. The number of fused-ring (bicyclic) bond motifs is 1. The van der Waals surface area contributed by atoms with Crippen LogP contribution in [0.2, 0.25) is 0 Å². The molecule has 2 rings (SSSR count). The Morgan fingerprint density at radius 1 is 1.50 bits per heavy atom. The van der Waals surface area contributed by atoms with Crippen LogP contribution in [0, 0.1) is 0 Å². The van der Waals surface area contributed by atoms with Gasteiger partial charge >= 0.3 is 0 Å². The quantitative estimate of drug-likeness (QED) is 0.818. The van der Waals surface area contributed by atoms with Crippen molar-refractivity contribution in [2.75, 3.05) is 31.1 Å². The summed E-state index contributed by atoms with van der Waals surface area (Å²) in [6.45, 7) is 4.64. The average Bonchev–Trinajstić information content (AvgIpc) is 2.69. The minimum Gasteiger partial charge on any atom is -0.361 e. The minimum atomic E-state index is 0.0840. The van der Waals surface area contributed by atoms with Crippen LogP contribution in [0.25, 0.3) is 0 Å². The second-order valence-corrected chi connectivity index (χ2v) is 4.67. The van der Waals surface area contributed by atoms with Crippen LogP contribution in [-0.2, 0) is 4.79 Å². The highest BCUT2D eigenvalue weighted by Gasteiger charge is 2.28. The molecule has 1 aromatic carbocycles. The Balaban J connectivity index is 2.12. The molecule has 4 nitrogen and oxygen atoms in total. The van der Waals surface area contributed by atoms with Gasteiger partial charge in [0.15, 0.2) is 0 Å². The lowest BCUT2D eigenvalue weighted by Crippen LogP contribution is -2.36. The highest BCUT2D eigenvalue weighted by Crippen LogP contribution is 2.37. The molecule has 1 atom stereocenters. The Hall–Kier alpha value is -1.55. The third-order valence-corrected chi connectivity index (χ3v) is 3.38. The number of anilines is 1. The fourth-order valence-electron chi connectivity index (χ4n) is 2.61. The molecule has 1 heterocycles. The maximum Gasteiger partial charge on any atom is 0.239 e. The van der Waals surface area contributed by atoms with E-state index < -0.39 is 0 Å². The zero-order chi connectivity index (χ0) is 13.0. The van der Waals surface area contributed by atoms with E-state index in [-0.39, 0.29) is 5.91 Å². The molecule has 4 heteroatoms. The molecule has 0 fully saturated rings. The van der Waals surface area contributed by atoms with Gasteiger partial charge in [0.1, 0.15) is 0 Å². The number of rotatable bonds is 5. The number of nitrogens with one attached hydrogen (secondary N) is 1. The number of hydrogen-bond donors (Lipinski definition) is 2. The Morgan fingerprint density at radius 3 is 3.00 bits per heavy atom. The largest absolute Gasteiger partial charge is 0.361 e. The third-order valence-electron chi connectivity index (χ3n) is 3.38. The molecule has 18 heavy (non-hydrogen) atoms. The molecule has 0 aromatic heterocycles. The van der Waals surface area contributed by atoms with Crippen LogP contribution in [0.15, 0.2) is 24.3 Å². The predicted molar refractivity (Wildman–Crippen MR) is 73.8 cm³/mol. The van der Waals surface area contributed by atoms with Crippen molar-refractivity contribution in [3.8, 4) is 0 Å². The van der Waals surface area contributed by atoms with Gasteiger partial charge in [-0.15, -0.1) is 0 Å². The first-order valence-electron chi connectivity index (χ1n) is 6.57. The summed E-state index contributed by atoms with van der Waals surface area (Å²) in [5.74, 6) is 0.543. The first kappa shape index (κ1) is 12.9. The molecule has 0 saturated heterocycles. The third kappa shape index (κ3) is 2.64. The van der Waals surface area contributed by atoms with Crippen LogP contribution >= 0.6 is 0 Å². The van der Waals surface area contributed by atoms with Crippen molar-refractivity contribution in [2.24, 2.45) is 5.73 Å². The SMILES string of the molecule is CCNC(=O)CN1CC(CCN)c2ccccc21. The smallest absolute Gasteiger partial charge is 0.239 e. The Morgan fingerprint density at radius 2 is 2.28 bits per heavy atom. The monoisotopic (exact) mass is 247 g/mol. The lowest BCUT2D eigenvalue weighted by molar-refractivity contribution is -0.119. The van der Waals surface area contributed by atoms with Crippen LogP contribution in [0.5, 0.6) is 0 Å². The van der Waals surface area contributed by atoms with Gasteiger partial charge in [0, 0.05) is 24.7 Å². The number of nitrogens with two attached hydrogens (primary N) is 1. The highest BCUT2D eigenvalue weighted by atomic mass is 16.2. The van der Waals surface area contributed by atoms with Crippen molar-refractivity contribution in [3.05, 3.63) is 29.8 Å². The van der Waals surface area contributed by atoms with E-state index >= 15 is 0 Å². The summed E-state index contributed by atoms with van der Waals surface area (Å²) in [6, 6.07) is 8.31. The second-order valence-electron chi connectivity index (χ2n) is 4.67. The van der Waals surface area contributed by atoms with Gasteiger partial charge in [-0.2, -0.15) is 0 Å². The predicted octanol–water partition coefficient (Wildman–Crippen LogP) is 1.08. The van der Waals surface area contributed by atoms with Crippen LogP contribution in [0.4, 0.5) is 5.69 Å². The molecule has 98 valence electrons. The number of nitrogens with zero attached hydrogens (tertiary/aromatic N) is 1. The first-order valence-corrected chi connectivity index (χ1v) is 6.57. The van der Waals surface area contributed by atoms with E-state index in [1.54, 1.807) is 0 Å². The van der Waals surface area contributed by atoms with Gasteiger partial charge in [-0.05, 0) is 31.5 Å². The maximum absolute atomic E-state index is 11.7. The summed E-state index contributed by atoms with van der Waals surface area (Å²) in [7, 11) is 0. The van der Waals surface area contributed by atoms with Gasteiger partial charge in [0.2, 0.25) is 5.91 Å². The van der Waals surface area contributed by atoms with Crippen molar-refractivity contribution in [1.82, 2.24) is 5.32 Å². The summed E-state index contributed by atoms with van der Waals surface area (Å²) >= 11 is 0. The molecule has 1 aromatic rings. The molecule has 1 aliphatic heterocycles. The van der Waals surface area contributed by atoms with Crippen LogP contribution in [0.3, 0.4) is 0 Å². The number of amides is 1. The van der Waals surface area contributed by atoms with E-state index in [0.29, 0.717) is 25.6 Å². The number of carbonyl (C=O) groups is 1. The molecule has 1 unspecified atom stereocenters. The number of likely N-dealkylation sites (N-methyl/N-ethyl adjacent to an activating group) is 1. The molecule has 0 spiro atoms.